The summed E-state index contributed by atoms with van der Waals surface area (Å²) in [6, 6.07) is 8.17. The van der Waals surface area contributed by atoms with Crippen LogP contribution in [0, 0.1) is 0 Å². The summed E-state index contributed by atoms with van der Waals surface area (Å²) >= 11 is 0. The van der Waals surface area contributed by atoms with E-state index in [1.165, 1.54) is 5.56 Å². The summed E-state index contributed by atoms with van der Waals surface area (Å²) < 4.78 is 7.69. The van der Waals surface area contributed by atoms with E-state index in [0.29, 0.717) is 12.5 Å². The zero-order chi connectivity index (χ0) is 11.0. The molecule has 3 rings (SSSR count). The molecule has 4 nitrogen and oxygen atoms in total. The number of hydrogen-bond acceptors (Lipinski definition) is 3. The van der Waals surface area contributed by atoms with Gasteiger partial charge in [0, 0.05) is 7.05 Å². The number of para-hydroxylation sites is 1. The fourth-order valence-electron chi connectivity index (χ4n) is 2.16. The van der Waals surface area contributed by atoms with Crippen molar-refractivity contribution < 1.29 is 4.74 Å². The van der Waals surface area contributed by atoms with Crippen molar-refractivity contribution in [2.24, 2.45) is 7.05 Å². The minimum Gasteiger partial charge on any atom is -0.493 e. The SMILES string of the molecule is Cn1cnnc1C1COc2ccccc2C1. The van der Waals surface area contributed by atoms with Gasteiger partial charge in [0.2, 0.25) is 0 Å². The lowest BCUT2D eigenvalue weighted by atomic mass is 9.96. The van der Waals surface area contributed by atoms with Crippen LogP contribution >= 0.6 is 0 Å². The Kier molecular flexibility index (Phi) is 2.13. The Morgan fingerprint density at radius 2 is 2.25 bits per heavy atom. The van der Waals surface area contributed by atoms with Crippen LogP contribution in [0.2, 0.25) is 0 Å². The van der Waals surface area contributed by atoms with Gasteiger partial charge in [0.25, 0.3) is 0 Å². The van der Waals surface area contributed by atoms with Crippen LogP contribution in [0.3, 0.4) is 0 Å². The molecule has 0 spiro atoms. The van der Waals surface area contributed by atoms with E-state index < -0.39 is 0 Å². The van der Waals surface area contributed by atoms with Crippen molar-refractivity contribution in [1.82, 2.24) is 14.8 Å². The van der Waals surface area contributed by atoms with E-state index >= 15 is 0 Å². The standard InChI is InChI=1S/C12H13N3O/c1-15-8-13-14-12(15)10-6-9-4-2-3-5-11(9)16-7-10/h2-5,8,10H,6-7H2,1H3. The topological polar surface area (TPSA) is 39.9 Å². The third-order valence-corrected chi connectivity index (χ3v) is 2.99. The first-order valence-electron chi connectivity index (χ1n) is 5.39. The third kappa shape index (κ3) is 1.46. The van der Waals surface area contributed by atoms with Crippen molar-refractivity contribution in [3.05, 3.63) is 42.0 Å². The van der Waals surface area contributed by atoms with Crippen LogP contribution in [0.1, 0.15) is 17.3 Å². The lowest BCUT2D eigenvalue weighted by Gasteiger charge is -2.24. The van der Waals surface area contributed by atoms with E-state index in [9.17, 15) is 0 Å². The highest BCUT2D eigenvalue weighted by Crippen LogP contribution is 2.30. The van der Waals surface area contributed by atoms with Crippen molar-refractivity contribution in [3.8, 4) is 5.75 Å². The van der Waals surface area contributed by atoms with Crippen molar-refractivity contribution in [2.75, 3.05) is 6.61 Å². The van der Waals surface area contributed by atoms with Gasteiger partial charge < -0.3 is 9.30 Å². The van der Waals surface area contributed by atoms with Crippen LogP contribution in [0.4, 0.5) is 0 Å². The maximum absolute atomic E-state index is 5.73. The number of aryl methyl sites for hydroxylation is 1. The second-order valence-corrected chi connectivity index (χ2v) is 4.12. The number of nitrogens with zero attached hydrogens (tertiary/aromatic N) is 3. The maximum Gasteiger partial charge on any atom is 0.139 e. The van der Waals surface area contributed by atoms with Crippen LogP contribution in [0.25, 0.3) is 0 Å². The summed E-state index contributed by atoms with van der Waals surface area (Å²) in [5.41, 5.74) is 1.25. The molecule has 0 amide bonds. The molecule has 1 aromatic carbocycles. The molecule has 0 saturated heterocycles. The Bertz CT molecular complexity index is 506. The summed E-state index contributed by atoms with van der Waals surface area (Å²) in [4.78, 5) is 0. The molecule has 4 heteroatoms. The summed E-state index contributed by atoms with van der Waals surface area (Å²) in [6.45, 7) is 0.684. The van der Waals surface area contributed by atoms with E-state index in [1.54, 1.807) is 6.33 Å². The molecule has 0 aliphatic carbocycles. The molecule has 1 aliphatic heterocycles. The first-order valence-corrected chi connectivity index (χ1v) is 5.39. The number of fused-ring (bicyclic) bond motifs is 1. The van der Waals surface area contributed by atoms with Gasteiger partial charge in [-0.2, -0.15) is 0 Å². The Labute approximate surface area is 93.9 Å². The third-order valence-electron chi connectivity index (χ3n) is 2.99. The molecule has 1 aromatic heterocycles. The molecule has 1 aliphatic rings. The van der Waals surface area contributed by atoms with E-state index in [4.69, 9.17) is 4.74 Å². The molecule has 16 heavy (non-hydrogen) atoms. The smallest absolute Gasteiger partial charge is 0.139 e. The van der Waals surface area contributed by atoms with Crippen LogP contribution in [0.15, 0.2) is 30.6 Å². The molecular formula is C12H13N3O. The van der Waals surface area contributed by atoms with Crippen LogP contribution in [-0.4, -0.2) is 21.4 Å². The van der Waals surface area contributed by atoms with Gasteiger partial charge in [0.05, 0.1) is 12.5 Å². The molecular weight excluding hydrogens is 202 g/mol. The molecule has 82 valence electrons. The van der Waals surface area contributed by atoms with Gasteiger partial charge in [-0.1, -0.05) is 18.2 Å². The van der Waals surface area contributed by atoms with E-state index in [2.05, 4.69) is 16.3 Å². The van der Waals surface area contributed by atoms with Gasteiger partial charge in [-0.25, -0.2) is 0 Å². The number of ether oxygens (including phenoxy) is 1. The lowest BCUT2D eigenvalue weighted by molar-refractivity contribution is 0.255. The molecule has 0 bridgehead atoms. The highest BCUT2D eigenvalue weighted by atomic mass is 16.5. The molecule has 2 heterocycles. The fourth-order valence-corrected chi connectivity index (χ4v) is 2.16. The summed E-state index contributed by atoms with van der Waals surface area (Å²) in [5, 5.41) is 8.06. The average Bonchev–Trinajstić information content (AvgIpc) is 2.75. The number of benzene rings is 1. The van der Waals surface area contributed by atoms with Gasteiger partial charge in [0.1, 0.15) is 17.9 Å². The highest BCUT2D eigenvalue weighted by Gasteiger charge is 2.24. The van der Waals surface area contributed by atoms with Crippen LogP contribution in [0.5, 0.6) is 5.75 Å². The largest absolute Gasteiger partial charge is 0.493 e. The summed E-state index contributed by atoms with van der Waals surface area (Å²) in [5.74, 6) is 2.30. The molecule has 0 radical (unpaired) electrons. The van der Waals surface area contributed by atoms with E-state index in [1.807, 2.05) is 29.8 Å². The van der Waals surface area contributed by atoms with Gasteiger partial charge in [0.15, 0.2) is 0 Å². The number of rotatable bonds is 1. The van der Waals surface area contributed by atoms with Crippen molar-refractivity contribution in [2.45, 2.75) is 12.3 Å². The second kappa shape index (κ2) is 3.63. The van der Waals surface area contributed by atoms with Crippen LogP contribution in [-0.2, 0) is 13.5 Å². The first kappa shape index (κ1) is 9.39. The molecule has 2 aromatic rings. The lowest BCUT2D eigenvalue weighted by Crippen LogP contribution is -2.21. The molecule has 0 saturated carbocycles. The number of hydrogen-bond donors (Lipinski definition) is 0. The van der Waals surface area contributed by atoms with Gasteiger partial charge in [-0.15, -0.1) is 10.2 Å². The quantitative estimate of drug-likeness (QED) is 0.724. The van der Waals surface area contributed by atoms with Crippen molar-refractivity contribution >= 4 is 0 Å². The zero-order valence-corrected chi connectivity index (χ0v) is 9.13. The minimum atomic E-state index is 0.308. The Morgan fingerprint density at radius 3 is 3.06 bits per heavy atom. The molecule has 1 atom stereocenters. The molecule has 1 unspecified atom stereocenters. The monoisotopic (exact) mass is 215 g/mol. The summed E-state index contributed by atoms with van der Waals surface area (Å²) in [7, 11) is 1.97. The Morgan fingerprint density at radius 1 is 1.38 bits per heavy atom. The zero-order valence-electron chi connectivity index (χ0n) is 9.13. The highest BCUT2D eigenvalue weighted by molar-refractivity contribution is 5.36. The predicted octanol–water partition coefficient (Wildman–Crippen LogP) is 1.53. The first-order chi connectivity index (χ1) is 7.84. The molecule has 0 N–H and O–H groups in total. The van der Waals surface area contributed by atoms with Gasteiger partial charge in [-0.05, 0) is 18.1 Å². The second-order valence-electron chi connectivity index (χ2n) is 4.12. The maximum atomic E-state index is 5.73. The van der Waals surface area contributed by atoms with E-state index in [-0.39, 0.29) is 0 Å². The van der Waals surface area contributed by atoms with E-state index in [0.717, 1.165) is 18.0 Å². The molecule has 0 fully saturated rings. The average molecular weight is 215 g/mol. The summed E-state index contributed by atoms with van der Waals surface area (Å²) in [6.07, 6.45) is 2.71. The Hall–Kier alpha value is -1.84. The van der Waals surface area contributed by atoms with Crippen LogP contribution < -0.4 is 4.74 Å². The number of aromatic nitrogens is 3. The fraction of sp³-hybridized carbons (Fsp3) is 0.333. The minimum absolute atomic E-state index is 0.308. The predicted molar refractivity (Wildman–Crippen MR) is 59.4 cm³/mol. The van der Waals surface area contributed by atoms with Crippen molar-refractivity contribution in [3.63, 3.8) is 0 Å². The van der Waals surface area contributed by atoms with Crippen molar-refractivity contribution in [1.29, 1.82) is 0 Å². The Balaban J connectivity index is 1.91. The van der Waals surface area contributed by atoms with Gasteiger partial charge in [-0.3, -0.25) is 0 Å². The van der Waals surface area contributed by atoms with Gasteiger partial charge >= 0.3 is 0 Å². The normalized spacial score (nSPS) is 18.9.